The number of amides is 1. The Bertz CT molecular complexity index is 596. The number of aliphatic carboxylic acids is 1. The Morgan fingerprint density at radius 2 is 2.30 bits per heavy atom. The van der Waals surface area contributed by atoms with Crippen molar-refractivity contribution in [3.8, 4) is 0 Å². The molecule has 1 amide bonds. The van der Waals surface area contributed by atoms with Crippen LogP contribution in [-0.2, 0) is 19.6 Å². The van der Waals surface area contributed by atoms with E-state index in [9.17, 15) is 18.0 Å². The van der Waals surface area contributed by atoms with Crippen LogP contribution in [0.5, 0.6) is 0 Å². The normalized spacial score (nSPS) is 19.5. The van der Waals surface area contributed by atoms with E-state index in [2.05, 4.69) is 4.72 Å². The van der Waals surface area contributed by atoms with Crippen molar-refractivity contribution < 1.29 is 23.1 Å². The van der Waals surface area contributed by atoms with E-state index in [4.69, 9.17) is 5.11 Å². The molecule has 1 unspecified atom stereocenters. The van der Waals surface area contributed by atoms with Crippen molar-refractivity contribution in [2.24, 2.45) is 5.92 Å². The lowest BCUT2D eigenvalue weighted by Gasteiger charge is -2.16. The van der Waals surface area contributed by atoms with Gasteiger partial charge in [-0.25, -0.2) is 13.1 Å². The summed E-state index contributed by atoms with van der Waals surface area (Å²) in [6, 6.07) is 3.13. The summed E-state index contributed by atoms with van der Waals surface area (Å²) in [5.74, 6) is -1.95. The molecule has 0 aromatic carbocycles. The lowest BCUT2D eigenvalue weighted by atomic mass is 10.1. The number of hydrogen-bond acceptors (Lipinski definition) is 5. The van der Waals surface area contributed by atoms with Gasteiger partial charge in [-0.1, -0.05) is 6.07 Å². The summed E-state index contributed by atoms with van der Waals surface area (Å²) < 4.78 is 26.3. The van der Waals surface area contributed by atoms with Gasteiger partial charge in [-0.3, -0.25) is 9.59 Å². The number of thiophene rings is 1. The molecule has 1 aliphatic heterocycles. The Morgan fingerprint density at radius 3 is 2.85 bits per heavy atom. The second-order valence-corrected chi connectivity index (χ2v) is 7.35. The smallest absolute Gasteiger partial charge is 0.308 e. The van der Waals surface area contributed by atoms with Crippen LogP contribution in [0.1, 0.15) is 6.42 Å². The Morgan fingerprint density at radius 1 is 1.55 bits per heavy atom. The first-order valence-electron chi connectivity index (χ1n) is 5.94. The van der Waals surface area contributed by atoms with Crippen LogP contribution in [0.4, 0.5) is 0 Å². The molecule has 110 valence electrons. The number of likely N-dealkylation sites (tertiary alicyclic amines) is 1. The fraction of sp³-hybridized carbons (Fsp3) is 0.455. The summed E-state index contributed by atoms with van der Waals surface area (Å²) in [7, 11) is -3.54. The van der Waals surface area contributed by atoms with Gasteiger partial charge >= 0.3 is 5.97 Å². The number of carbonyl (C=O) groups excluding carboxylic acids is 1. The molecule has 2 heterocycles. The molecule has 2 rings (SSSR count). The molecule has 0 spiro atoms. The molecule has 20 heavy (non-hydrogen) atoms. The van der Waals surface area contributed by atoms with Gasteiger partial charge in [0.05, 0.1) is 5.92 Å². The van der Waals surface area contributed by atoms with Gasteiger partial charge in [0.15, 0.2) is 0 Å². The Balaban J connectivity index is 1.85. The minimum atomic E-state index is -3.54. The van der Waals surface area contributed by atoms with Crippen LogP contribution in [0.3, 0.4) is 0 Å². The standard InChI is InChI=1S/C11H14N2O5S2/c14-9-6-8(11(15)16)7-13(9)4-3-12-20(17,18)10-2-1-5-19-10/h1-2,5,8,12H,3-4,6-7H2,(H,15,16). The molecule has 0 bridgehead atoms. The average molecular weight is 318 g/mol. The van der Waals surface area contributed by atoms with Crippen molar-refractivity contribution in [3.63, 3.8) is 0 Å². The van der Waals surface area contributed by atoms with E-state index in [1.807, 2.05) is 0 Å². The van der Waals surface area contributed by atoms with Crippen molar-refractivity contribution >= 4 is 33.2 Å². The highest BCUT2D eigenvalue weighted by molar-refractivity contribution is 7.91. The number of carboxylic acid groups (broad SMARTS) is 1. The van der Waals surface area contributed by atoms with E-state index in [0.29, 0.717) is 0 Å². The van der Waals surface area contributed by atoms with Crippen LogP contribution in [0.25, 0.3) is 0 Å². The maximum Gasteiger partial charge on any atom is 0.308 e. The van der Waals surface area contributed by atoms with Crippen LogP contribution in [-0.4, -0.2) is 49.9 Å². The van der Waals surface area contributed by atoms with Crippen molar-refractivity contribution in [1.29, 1.82) is 0 Å². The maximum atomic E-state index is 11.8. The third kappa shape index (κ3) is 3.35. The first-order chi connectivity index (χ1) is 9.40. The third-order valence-corrected chi connectivity index (χ3v) is 5.86. The highest BCUT2D eigenvalue weighted by atomic mass is 32.2. The van der Waals surface area contributed by atoms with Crippen LogP contribution >= 0.6 is 11.3 Å². The van der Waals surface area contributed by atoms with E-state index in [0.717, 1.165) is 11.3 Å². The number of rotatable bonds is 6. The minimum absolute atomic E-state index is 0.0208. The van der Waals surface area contributed by atoms with E-state index in [1.165, 1.54) is 11.0 Å². The van der Waals surface area contributed by atoms with E-state index < -0.39 is 21.9 Å². The van der Waals surface area contributed by atoms with Gasteiger partial charge in [-0.15, -0.1) is 11.3 Å². The largest absolute Gasteiger partial charge is 0.481 e. The fourth-order valence-electron chi connectivity index (χ4n) is 1.96. The quantitative estimate of drug-likeness (QED) is 0.766. The molecule has 0 aliphatic carbocycles. The number of sulfonamides is 1. The Kier molecular flexibility index (Phi) is 4.41. The molecule has 1 saturated heterocycles. The van der Waals surface area contributed by atoms with Gasteiger partial charge < -0.3 is 10.0 Å². The zero-order valence-corrected chi connectivity index (χ0v) is 12.1. The van der Waals surface area contributed by atoms with E-state index in [-0.39, 0.29) is 36.2 Å². The summed E-state index contributed by atoms with van der Waals surface area (Å²) in [5, 5.41) is 10.5. The molecule has 2 N–H and O–H groups in total. The van der Waals surface area contributed by atoms with Crippen LogP contribution in [0.2, 0.25) is 0 Å². The van der Waals surface area contributed by atoms with Gasteiger partial charge in [0.2, 0.25) is 15.9 Å². The fourth-order valence-corrected chi connectivity index (χ4v) is 4.01. The second-order valence-electron chi connectivity index (χ2n) is 4.41. The summed E-state index contributed by atoms with van der Waals surface area (Å²) in [6.45, 7) is 0.375. The molecular formula is C11H14N2O5S2. The molecule has 0 saturated carbocycles. The van der Waals surface area contributed by atoms with Crippen LogP contribution in [0, 0.1) is 5.92 Å². The zero-order valence-electron chi connectivity index (χ0n) is 10.5. The van der Waals surface area contributed by atoms with E-state index in [1.54, 1.807) is 11.4 Å². The maximum absolute atomic E-state index is 11.8. The SMILES string of the molecule is O=C(O)C1CC(=O)N(CCNS(=O)(=O)c2cccs2)C1. The first kappa shape index (κ1) is 14.9. The number of carboxylic acids is 1. The molecule has 1 aliphatic rings. The van der Waals surface area contributed by atoms with Gasteiger partial charge in [-0.2, -0.15) is 0 Å². The average Bonchev–Trinajstić information content (AvgIpc) is 2.99. The highest BCUT2D eigenvalue weighted by Crippen LogP contribution is 2.18. The predicted octanol–water partition coefficient (Wildman–Crippen LogP) is -0.0405. The number of nitrogens with one attached hydrogen (secondary N) is 1. The first-order valence-corrected chi connectivity index (χ1v) is 8.30. The molecular weight excluding hydrogens is 304 g/mol. The summed E-state index contributed by atoms with van der Waals surface area (Å²) >= 11 is 1.11. The van der Waals surface area contributed by atoms with E-state index >= 15 is 0 Å². The van der Waals surface area contributed by atoms with Crippen LogP contribution in [0.15, 0.2) is 21.7 Å². The molecule has 1 aromatic rings. The molecule has 9 heteroatoms. The molecule has 1 fully saturated rings. The van der Waals surface area contributed by atoms with Crippen LogP contribution < -0.4 is 4.72 Å². The van der Waals surface area contributed by atoms with Gasteiger partial charge in [0.25, 0.3) is 0 Å². The van der Waals surface area contributed by atoms with Gasteiger partial charge in [0.1, 0.15) is 4.21 Å². The summed E-state index contributed by atoms with van der Waals surface area (Å²) in [4.78, 5) is 23.7. The molecule has 1 aromatic heterocycles. The summed E-state index contributed by atoms with van der Waals surface area (Å²) in [6.07, 6.45) is -0.0208. The highest BCUT2D eigenvalue weighted by Gasteiger charge is 2.33. The number of hydrogen-bond donors (Lipinski definition) is 2. The van der Waals surface area contributed by atoms with Crippen molar-refractivity contribution in [2.75, 3.05) is 19.6 Å². The van der Waals surface area contributed by atoms with Crippen molar-refractivity contribution in [2.45, 2.75) is 10.6 Å². The van der Waals surface area contributed by atoms with Gasteiger partial charge in [-0.05, 0) is 11.4 Å². The molecule has 7 nitrogen and oxygen atoms in total. The zero-order chi connectivity index (χ0) is 14.8. The number of nitrogens with zero attached hydrogens (tertiary/aromatic N) is 1. The lowest BCUT2D eigenvalue weighted by molar-refractivity contribution is -0.141. The molecule has 1 atom stereocenters. The van der Waals surface area contributed by atoms with Crippen molar-refractivity contribution in [1.82, 2.24) is 9.62 Å². The summed E-state index contributed by atoms with van der Waals surface area (Å²) in [5.41, 5.74) is 0. The minimum Gasteiger partial charge on any atom is -0.481 e. The third-order valence-electron chi connectivity index (χ3n) is 3.00. The Labute approximate surface area is 120 Å². The number of carbonyl (C=O) groups is 2. The lowest BCUT2D eigenvalue weighted by Crippen LogP contribution is -2.35. The van der Waals surface area contributed by atoms with Gasteiger partial charge in [0, 0.05) is 26.1 Å². The predicted molar refractivity (Wildman–Crippen MR) is 71.8 cm³/mol. The monoisotopic (exact) mass is 318 g/mol. The van der Waals surface area contributed by atoms with Crippen molar-refractivity contribution in [3.05, 3.63) is 17.5 Å². The second kappa shape index (κ2) is 5.90. The Hall–Kier alpha value is -1.45. The topological polar surface area (TPSA) is 104 Å². The molecule has 0 radical (unpaired) electrons.